The highest BCUT2D eigenvalue weighted by Crippen LogP contribution is 2.19. The molecule has 0 unspecified atom stereocenters. The summed E-state index contributed by atoms with van der Waals surface area (Å²) in [5.74, 6) is -0.240. The summed E-state index contributed by atoms with van der Waals surface area (Å²) in [7, 11) is 3.31. The largest absolute Gasteiger partial charge is 0.376 e. The van der Waals surface area contributed by atoms with Gasteiger partial charge in [0.1, 0.15) is 6.20 Å². The van der Waals surface area contributed by atoms with Gasteiger partial charge in [0.05, 0.1) is 0 Å². The van der Waals surface area contributed by atoms with Crippen LogP contribution in [0.5, 0.6) is 0 Å². The second-order valence-electron chi connectivity index (χ2n) is 3.35. The fraction of sp³-hybridized carbons (Fsp3) is 0.500. The second-order valence-corrected chi connectivity index (χ2v) is 3.35. The van der Waals surface area contributed by atoms with Crippen molar-refractivity contribution >= 4 is 17.4 Å². The Morgan fingerprint density at radius 2 is 2.38 bits per heavy atom. The predicted octanol–water partition coefficient (Wildman–Crippen LogP) is 0.208. The number of aromatic nitrogens is 2. The molecule has 1 aromatic heterocycles. The summed E-state index contributed by atoms with van der Waals surface area (Å²) < 4.78 is 0. The number of anilines is 1. The van der Waals surface area contributed by atoms with E-state index >= 15 is 0 Å². The van der Waals surface area contributed by atoms with Crippen LogP contribution in [0.2, 0.25) is 0 Å². The molecule has 16 heavy (non-hydrogen) atoms. The van der Waals surface area contributed by atoms with Gasteiger partial charge in [-0.1, -0.05) is 5.10 Å². The van der Waals surface area contributed by atoms with Crippen LogP contribution >= 0.6 is 0 Å². The maximum Gasteiger partial charge on any atom is 0.366 e. The number of H-pyrrole nitrogens is 1. The van der Waals surface area contributed by atoms with Gasteiger partial charge >= 0.3 is 5.82 Å². The van der Waals surface area contributed by atoms with Crippen molar-refractivity contribution in [3.63, 3.8) is 0 Å². The van der Waals surface area contributed by atoms with E-state index in [1.165, 1.54) is 11.1 Å². The minimum absolute atomic E-state index is 0.0429. The third kappa shape index (κ3) is 2.94. The molecule has 0 aliphatic rings. The van der Waals surface area contributed by atoms with E-state index < -0.39 is 4.92 Å². The van der Waals surface area contributed by atoms with Gasteiger partial charge in [-0.25, -0.2) is 0 Å². The Labute approximate surface area is 91.8 Å². The lowest BCUT2D eigenvalue weighted by atomic mass is 10.3. The topological polar surface area (TPSA) is 104 Å². The Bertz CT molecular complexity index is 387. The van der Waals surface area contributed by atoms with Crippen LogP contribution < -0.4 is 5.32 Å². The van der Waals surface area contributed by atoms with Crippen molar-refractivity contribution in [1.82, 2.24) is 15.1 Å². The minimum Gasteiger partial charge on any atom is -0.376 e. The second kappa shape index (κ2) is 5.10. The number of carbonyl (C=O) groups is 1. The van der Waals surface area contributed by atoms with E-state index in [9.17, 15) is 14.9 Å². The van der Waals surface area contributed by atoms with Gasteiger partial charge in [0.2, 0.25) is 5.91 Å². The molecule has 1 amide bonds. The van der Waals surface area contributed by atoms with E-state index in [1.54, 1.807) is 14.1 Å². The molecule has 88 valence electrons. The lowest BCUT2D eigenvalue weighted by molar-refractivity contribution is -0.388. The molecular formula is C8H13N5O3. The Morgan fingerprint density at radius 3 is 2.94 bits per heavy atom. The molecule has 0 aliphatic heterocycles. The number of nitrogens with one attached hydrogen (secondary N) is 2. The first-order chi connectivity index (χ1) is 7.52. The Kier molecular flexibility index (Phi) is 3.81. The number of rotatable bonds is 5. The maximum absolute atomic E-state index is 11.2. The smallest absolute Gasteiger partial charge is 0.366 e. The summed E-state index contributed by atoms with van der Waals surface area (Å²) in [4.78, 5) is 22.6. The Hall–Kier alpha value is -2.12. The van der Waals surface area contributed by atoms with E-state index in [2.05, 4.69) is 15.5 Å². The summed E-state index contributed by atoms with van der Waals surface area (Å²) in [6, 6.07) is 0. The number of amides is 1. The highest BCUT2D eigenvalue weighted by Gasteiger charge is 2.14. The SMILES string of the molecule is CN(C)C(=O)CCNc1cn[nH]c1[N+](=O)[O-]. The molecule has 1 aromatic rings. The van der Waals surface area contributed by atoms with Gasteiger partial charge < -0.3 is 20.3 Å². The third-order valence-corrected chi connectivity index (χ3v) is 1.95. The van der Waals surface area contributed by atoms with E-state index in [1.807, 2.05) is 0 Å². The van der Waals surface area contributed by atoms with Crippen molar-refractivity contribution in [2.24, 2.45) is 0 Å². The zero-order valence-corrected chi connectivity index (χ0v) is 9.06. The lowest BCUT2D eigenvalue weighted by Gasteiger charge is -2.10. The van der Waals surface area contributed by atoms with Crippen LogP contribution in [0.4, 0.5) is 11.5 Å². The summed E-state index contributed by atoms with van der Waals surface area (Å²) in [6.07, 6.45) is 1.59. The predicted molar refractivity (Wildman–Crippen MR) is 57.0 cm³/mol. The molecular weight excluding hydrogens is 214 g/mol. The Balaban J connectivity index is 2.46. The fourth-order valence-electron chi connectivity index (χ4n) is 1.08. The Morgan fingerprint density at radius 1 is 1.69 bits per heavy atom. The molecule has 8 nitrogen and oxygen atoms in total. The average Bonchev–Trinajstić information content (AvgIpc) is 2.65. The summed E-state index contributed by atoms with van der Waals surface area (Å²) >= 11 is 0. The number of aromatic amines is 1. The number of nitrogens with zero attached hydrogens (tertiary/aromatic N) is 3. The van der Waals surface area contributed by atoms with Crippen LogP contribution in [0.15, 0.2) is 6.20 Å². The molecule has 0 aliphatic carbocycles. The monoisotopic (exact) mass is 227 g/mol. The van der Waals surface area contributed by atoms with Crippen LogP contribution in [0, 0.1) is 10.1 Å². The van der Waals surface area contributed by atoms with Crippen LogP contribution in [0.25, 0.3) is 0 Å². The zero-order valence-electron chi connectivity index (χ0n) is 9.06. The fourth-order valence-corrected chi connectivity index (χ4v) is 1.08. The van der Waals surface area contributed by atoms with Gasteiger partial charge in [0.15, 0.2) is 5.69 Å². The number of nitro groups is 1. The van der Waals surface area contributed by atoms with Crippen molar-refractivity contribution in [3.05, 3.63) is 16.3 Å². The molecule has 0 bridgehead atoms. The van der Waals surface area contributed by atoms with Crippen LogP contribution in [0.1, 0.15) is 6.42 Å². The standard InChI is InChI=1S/C8H13N5O3/c1-12(2)7(14)3-4-9-6-5-10-11-8(6)13(15)16/h5,9H,3-4H2,1-2H3,(H,10,11). The molecule has 0 radical (unpaired) electrons. The number of hydrogen-bond donors (Lipinski definition) is 2. The highest BCUT2D eigenvalue weighted by atomic mass is 16.6. The molecule has 0 spiro atoms. The van der Waals surface area contributed by atoms with Crippen molar-refractivity contribution < 1.29 is 9.72 Å². The highest BCUT2D eigenvalue weighted by molar-refractivity contribution is 5.76. The van der Waals surface area contributed by atoms with E-state index in [4.69, 9.17) is 0 Å². The summed E-state index contributed by atoms with van der Waals surface area (Å²) in [5.41, 5.74) is 0.288. The van der Waals surface area contributed by atoms with Crippen molar-refractivity contribution in [2.75, 3.05) is 26.0 Å². The normalized spacial score (nSPS) is 9.88. The van der Waals surface area contributed by atoms with Crippen molar-refractivity contribution in [3.8, 4) is 0 Å². The third-order valence-electron chi connectivity index (χ3n) is 1.95. The molecule has 0 atom stereocenters. The van der Waals surface area contributed by atoms with Gasteiger partial charge in [0, 0.05) is 27.1 Å². The molecule has 1 heterocycles. The van der Waals surface area contributed by atoms with E-state index in [0.717, 1.165) is 0 Å². The molecule has 8 heteroatoms. The van der Waals surface area contributed by atoms with Crippen molar-refractivity contribution in [1.29, 1.82) is 0 Å². The zero-order chi connectivity index (χ0) is 12.1. The summed E-state index contributed by atoms with van der Waals surface area (Å²) in [5, 5.41) is 19.1. The van der Waals surface area contributed by atoms with Gasteiger partial charge in [-0.2, -0.15) is 0 Å². The van der Waals surface area contributed by atoms with Crippen LogP contribution in [-0.4, -0.2) is 46.6 Å². The minimum atomic E-state index is -0.566. The van der Waals surface area contributed by atoms with Crippen LogP contribution in [-0.2, 0) is 4.79 Å². The first kappa shape index (κ1) is 12.0. The molecule has 1 rings (SSSR count). The molecule has 0 saturated carbocycles. The molecule has 0 saturated heterocycles. The first-order valence-electron chi connectivity index (χ1n) is 4.64. The van der Waals surface area contributed by atoms with Gasteiger partial charge in [0.25, 0.3) is 0 Å². The van der Waals surface area contributed by atoms with E-state index in [0.29, 0.717) is 6.54 Å². The number of carbonyl (C=O) groups excluding carboxylic acids is 1. The van der Waals surface area contributed by atoms with Crippen LogP contribution in [0.3, 0.4) is 0 Å². The lowest BCUT2D eigenvalue weighted by Crippen LogP contribution is -2.23. The summed E-state index contributed by atoms with van der Waals surface area (Å²) in [6.45, 7) is 0.331. The molecule has 0 fully saturated rings. The molecule has 2 N–H and O–H groups in total. The van der Waals surface area contributed by atoms with Gasteiger partial charge in [-0.15, -0.1) is 5.10 Å². The molecule has 0 aromatic carbocycles. The van der Waals surface area contributed by atoms with E-state index in [-0.39, 0.29) is 23.8 Å². The van der Waals surface area contributed by atoms with Gasteiger partial charge in [-0.3, -0.25) is 4.79 Å². The number of hydrogen-bond acceptors (Lipinski definition) is 5. The quantitative estimate of drug-likeness (QED) is 0.552. The van der Waals surface area contributed by atoms with Gasteiger partial charge in [-0.05, 0) is 4.92 Å². The maximum atomic E-state index is 11.2. The first-order valence-corrected chi connectivity index (χ1v) is 4.64. The van der Waals surface area contributed by atoms with Crippen molar-refractivity contribution in [2.45, 2.75) is 6.42 Å². The average molecular weight is 227 g/mol.